The molecule has 1 amide bonds. The zero-order valence-corrected chi connectivity index (χ0v) is 14.1. The molecule has 0 aromatic carbocycles. The van der Waals surface area contributed by atoms with Gasteiger partial charge in [0, 0.05) is 25.5 Å². The van der Waals surface area contributed by atoms with Crippen molar-refractivity contribution in [3.63, 3.8) is 0 Å². The summed E-state index contributed by atoms with van der Waals surface area (Å²) in [5.74, 6) is 1.88. The lowest BCUT2D eigenvalue weighted by Crippen LogP contribution is -2.30. The molecule has 1 unspecified atom stereocenters. The topological polar surface area (TPSA) is 99.2 Å². The Morgan fingerprint density at radius 3 is 3.08 bits per heavy atom. The molecule has 4 rings (SSSR count). The number of aryl methyl sites for hydroxylation is 2. The van der Waals surface area contributed by atoms with Crippen molar-refractivity contribution in [2.45, 2.75) is 45.2 Å². The Balaban J connectivity index is 1.50. The van der Waals surface area contributed by atoms with Crippen LogP contribution in [0.25, 0.3) is 0 Å². The van der Waals surface area contributed by atoms with Crippen molar-refractivity contribution < 1.29 is 13.9 Å². The molecule has 1 atom stereocenters. The van der Waals surface area contributed by atoms with E-state index in [-0.39, 0.29) is 18.0 Å². The van der Waals surface area contributed by atoms with E-state index < -0.39 is 11.5 Å². The molecule has 1 fully saturated rings. The van der Waals surface area contributed by atoms with Crippen LogP contribution in [0.15, 0.2) is 15.3 Å². The van der Waals surface area contributed by atoms with Crippen molar-refractivity contribution in [2.24, 2.45) is 0 Å². The molecule has 1 N–H and O–H groups in total. The molecule has 132 valence electrons. The Morgan fingerprint density at radius 1 is 1.44 bits per heavy atom. The summed E-state index contributed by atoms with van der Waals surface area (Å²) >= 11 is 0. The van der Waals surface area contributed by atoms with E-state index in [2.05, 4.69) is 15.5 Å². The smallest absolute Gasteiger partial charge is 0.349 e. The zero-order valence-electron chi connectivity index (χ0n) is 14.1. The van der Waals surface area contributed by atoms with E-state index in [1.54, 1.807) is 13.0 Å². The van der Waals surface area contributed by atoms with Crippen molar-refractivity contribution in [1.29, 1.82) is 0 Å². The number of rotatable bonds is 4. The molecular formula is C17H20N4O4. The van der Waals surface area contributed by atoms with Crippen LogP contribution in [0.3, 0.4) is 0 Å². The highest BCUT2D eigenvalue weighted by atomic mass is 16.5. The highest BCUT2D eigenvalue weighted by molar-refractivity contribution is 5.95. The molecule has 0 aliphatic carbocycles. The first-order valence-electron chi connectivity index (χ1n) is 8.55. The van der Waals surface area contributed by atoms with Gasteiger partial charge in [0.15, 0.2) is 5.82 Å². The molecule has 2 aromatic heterocycles. The van der Waals surface area contributed by atoms with Crippen LogP contribution >= 0.6 is 0 Å². The van der Waals surface area contributed by atoms with Crippen LogP contribution in [-0.2, 0) is 24.2 Å². The molecular weight excluding hydrogens is 324 g/mol. The Bertz CT molecular complexity index is 864. The summed E-state index contributed by atoms with van der Waals surface area (Å²) in [5, 5.41) is 11.0. The maximum Gasteiger partial charge on any atom is 0.349 e. The summed E-state index contributed by atoms with van der Waals surface area (Å²) in [6.45, 7) is 4.07. The number of aromatic nitrogens is 3. The summed E-state index contributed by atoms with van der Waals surface area (Å²) in [4.78, 5) is 24.8. The second kappa shape index (κ2) is 6.44. The summed E-state index contributed by atoms with van der Waals surface area (Å²) in [6, 6.07) is 1.77. The Hall–Kier alpha value is -2.48. The van der Waals surface area contributed by atoms with Crippen LogP contribution in [-0.4, -0.2) is 33.9 Å². The van der Waals surface area contributed by atoms with Crippen molar-refractivity contribution in [3.8, 4) is 0 Å². The van der Waals surface area contributed by atoms with Gasteiger partial charge in [0.2, 0.25) is 0 Å². The van der Waals surface area contributed by atoms with Gasteiger partial charge in [-0.05, 0) is 31.4 Å². The quantitative estimate of drug-likeness (QED) is 0.885. The summed E-state index contributed by atoms with van der Waals surface area (Å²) < 4.78 is 12.7. The van der Waals surface area contributed by atoms with Gasteiger partial charge in [-0.15, -0.1) is 10.2 Å². The van der Waals surface area contributed by atoms with E-state index in [0.717, 1.165) is 31.6 Å². The second-order valence-corrected chi connectivity index (χ2v) is 6.53. The third-order valence-corrected chi connectivity index (χ3v) is 4.82. The SMILES string of the molecule is Cc1cc(C2CCOC2)oc(=O)c1C(=O)NCc1nnc2n1CCC2. The molecule has 8 heteroatoms. The highest BCUT2D eigenvalue weighted by Gasteiger charge is 2.24. The molecule has 2 aromatic rings. The van der Waals surface area contributed by atoms with Gasteiger partial charge in [0.05, 0.1) is 13.2 Å². The fourth-order valence-corrected chi connectivity index (χ4v) is 3.46. The molecule has 0 bridgehead atoms. The summed E-state index contributed by atoms with van der Waals surface area (Å²) in [7, 11) is 0. The van der Waals surface area contributed by atoms with Gasteiger partial charge in [0.25, 0.3) is 5.91 Å². The first kappa shape index (κ1) is 16.0. The van der Waals surface area contributed by atoms with Crippen LogP contribution in [0.4, 0.5) is 0 Å². The Morgan fingerprint density at radius 2 is 2.32 bits per heavy atom. The fourth-order valence-electron chi connectivity index (χ4n) is 3.46. The van der Waals surface area contributed by atoms with Gasteiger partial charge in [-0.3, -0.25) is 4.79 Å². The van der Waals surface area contributed by atoms with Crippen molar-refractivity contribution in [1.82, 2.24) is 20.1 Å². The highest BCUT2D eigenvalue weighted by Crippen LogP contribution is 2.25. The van der Waals surface area contributed by atoms with E-state index in [4.69, 9.17) is 9.15 Å². The molecule has 1 saturated heterocycles. The Kier molecular flexibility index (Phi) is 4.12. The number of fused-ring (bicyclic) bond motifs is 1. The van der Waals surface area contributed by atoms with Crippen LogP contribution in [0.2, 0.25) is 0 Å². The third kappa shape index (κ3) is 2.97. The maximum absolute atomic E-state index is 12.5. The van der Waals surface area contributed by atoms with Gasteiger partial charge in [0.1, 0.15) is 17.1 Å². The molecule has 25 heavy (non-hydrogen) atoms. The molecule has 0 spiro atoms. The molecule has 4 heterocycles. The minimum atomic E-state index is -0.606. The largest absolute Gasteiger partial charge is 0.427 e. The number of nitrogens with one attached hydrogen (secondary N) is 1. The number of amides is 1. The maximum atomic E-state index is 12.5. The molecule has 8 nitrogen and oxygen atoms in total. The lowest BCUT2D eigenvalue weighted by atomic mass is 10.0. The first-order chi connectivity index (χ1) is 12.1. The lowest BCUT2D eigenvalue weighted by molar-refractivity contribution is 0.0944. The van der Waals surface area contributed by atoms with E-state index in [1.165, 1.54) is 0 Å². The minimum absolute atomic E-state index is 0.0452. The normalized spacial score (nSPS) is 19.2. The number of carbonyl (C=O) groups excluding carboxylic acids is 1. The number of carbonyl (C=O) groups is 1. The van der Waals surface area contributed by atoms with Crippen LogP contribution in [0.1, 0.15) is 52.1 Å². The fraction of sp³-hybridized carbons (Fsp3) is 0.529. The molecule has 2 aliphatic heterocycles. The van der Waals surface area contributed by atoms with Crippen molar-refractivity contribution in [3.05, 3.63) is 45.0 Å². The van der Waals surface area contributed by atoms with Crippen LogP contribution < -0.4 is 10.9 Å². The molecule has 0 radical (unpaired) electrons. The lowest BCUT2D eigenvalue weighted by Gasteiger charge is -2.10. The number of nitrogens with zero attached hydrogens (tertiary/aromatic N) is 3. The monoisotopic (exact) mass is 344 g/mol. The number of hydrogen-bond donors (Lipinski definition) is 1. The van der Waals surface area contributed by atoms with Crippen LogP contribution in [0.5, 0.6) is 0 Å². The van der Waals surface area contributed by atoms with Gasteiger partial charge in [-0.25, -0.2) is 4.79 Å². The van der Waals surface area contributed by atoms with Gasteiger partial charge >= 0.3 is 5.63 Å². The van der Waals surface area contributed by atoms with Crippen LogP contribution in [0, 0.1) is 6.92 Å². The number of hydrogen-bond acceptors (Lipinski definition) is 6. The van der Waals surface area contributed by atoms with E-state index in [1.807, 2.05) is 4.57 Å². The third-order valence-electron chi connectivity index (χ3n) is 4.82. The molecule has 2 aliphatic rings. The zero-order chi connectivity index (χ0) is 17.4. The van der Waals surface area contributed by atoms with E-state index >= 15 is 0 Å². The standard InChI is InChI=1S/C17H20N4O4/c1-10-7-12(11-4-6-24-9-11)25-17(23)15(10)16(22)18-8-14-20-19-13-3-2-5-21(13)14/h7,11H,2-6,8-9H2,1H3,(H,18,22). The average Bonchev–Trinajstić information content (AvgIpc) is 3.30. The number of ether oxygens (including phenoxy) is 1. The summed E-state index contributed by atoms with van der Waals surface area (Å²) in [6.07, 6.45) is 2.78. The average molecular weight is 344 g/mol. The summed E-state index contributed by atoms with van der Waals surface area (Å²) in [5.41, 5.74) is 0.0526. The van der Waals surface area contributed by atoms with Gasteiger partial charge in [-0.1, -0.05) is 0 Å². The predicted octanol–water partition coefficient (Wildman–Crippen LogP) is 0.920. The predicted molar refractivity (Wildman–Crippen MR) is 87.4 cm³/mol. The molecule has 0 saturated carbocycles. The minimum Gasteiger partial charge on any atom is -0.427 e. The van der Waals surface area contributed by atoms with Gasteiger partial charge < -0.3 is 19.0 Å². The van der Waals surface area contributed by atoms with Crippen molar-refractivity contribution >= 4 is 5.91 Å². The van der Waals surface area contributed by atoms with E-state index in [0.29, 0.717) is 30.4 Å². The first-order valence-corrected chi connectivity index (χ1v) is 8.55. The van der Waals surface area contributed by atoms with E-state index in [9.17, 15) is 9.59 Å². The van der Waals surface area contributed by atoms with Gasteiger partial charge in [-0.2, -0.15) is 0 Å². The second-order valence-electron chi connectivity index (χ2n) is 6.53. The van der Waals surface area contributed by atoms with Crippen molar-refractivity contribution in [2.75, 3.05) is 13.2 Å². The Labute approximate surface area is 144 Å².